The largest absolute Gasteiger partial charge is 0.456 e. The van der Waals surface area contributed by atoms with Crippen LogP contribution >= 0.6 is 0 Å². The lowest BCUT2D eigenvalue weighted by molar-refractivity contribution is 0.102. The number of aliphatic hydroxyl groups excluding tert-OH is 1. The van der Waals surface area contributed by atoms with Gasteiger partial charge in [-0.1, -0.05) is 78.9 Å². The van der Waals surface area contributed by atoms with Gasteiger partial charge in [0.05, 0.1) is 16.5 Å². The molecule has 6 aromatic rings. The Kier molecular flexibility index (Phi) is 8.56. The number of aromatic nitrogens is 1. The van der Waals surface area contributed by atoms with Gasteiger partial charge in [0.15, 0.2) is 0 Å². The first-order chi connectivity index (χ1) is 23.2. The first kappa shape index (κ1) is 31.7. The van der Waals surface area contributed by atoms with Gasteiger partial charge in [0.25, 0.3) is 5.91 Å². The van der Waals surface area contributed by atoms with E-state index in [4.69, 9.17) is 9.40 Å². The van der Waals surface area contributed by atoms with Crippen LogP contribution in [0.25, 0.3) is 44.7 Å². The summed E-state index contributed by atoms with van der Waals surface area (Å²) < 4.78 is 21.4. The van der Waals surface area contributed by atoms with Crippen LogP contribution in [0.15, 0.2) is 120 Å². The van der Waals surface area contributed by atoms with E-state index in [2.05, 4.69) is 5.32 Å². The third-order valence-corrected chi connectivity index (χ3v) is 10.5. The number of amides is 1. The van der Waals surface area contributed by atoms with Crippen LogP contribution in [0.3, 0.4) is 0 Å². The highest BCUT2D eigenvalue weighted by Gasteiger charge is 2.40. The number of furan rings is 1. The van der Waals surface area contributed by atoms with Gasteiger partial charge in [-0.3, -0.25) is 4.79 Å². The molecule has 7 rings (SSSR count). The average Bonchev–Trinajstić information content (AvgIpc) is 3.70. The van der Waals surface area contributed by atoms with E-state index < -0.39 is 15.7 Å². The zero-order valence-electron chi connectivity index (χ0n) is 27.1. The fourth-order valence-electron chi connectivity index (χ4n) is 6.32. The number of anilines is 1. The summed E-state index contributed by atoms with van der Waals surface area (Å²) >= 11 is 0. The molecule has 4 aromatic carbocycles. The number of carbonyl (C=O) groups excluding carboxylic acids is 1. The second kappa shape index (κ2) is 13.0. The molecule has 1 unspecified atom stereocenters. The van der Waals surface area contributed by atoms with Crippen molar-refractivity contribution >= 4 is 33.5 Å². The molecule has 8 heteroatoms. The molecule has 1 aliphatic heterocycles. The maximum absolute atomic E-state index is 13.8. The number of rotatable bonds is 8. The van der Waals surface area contributed by atoms with Crippen molar-refractivity contribution in [3.63, 3.8) is 0 Å². The van der Waals surface area contributed by atoms with Crippen molar-refractivity contribution in [3.8, 4) is 33.7 Å². The zero-order chi connectivity index (χ0) is 33.4. The highest BCUT2D eigenvalue weighted by molar-refractivity contribution is 7.84. The van der Waals surface area contributed by atoms with Crippen molar-refractivity contribution in [1.29, 1.82) is 0 Å². The topological polar surface area (TPSA) is 95.7 Å². The van der Waals surface area contributed by atoms with Crippen LogP contribution in [0, 0.1) is 0 Å². The summed E-state index contributed by atoms with van der Waals surface area (Å²) in [5, 5.41) is 14.2. The van der Waals surface area contributed by atoms with E-state index in [1.54, 1.807) is 6.07 Å². The highest BCUT2D eigenvalue weighted by Crippen LogP contribution is 2.44. The molecule has 1 amide bonds. The molecule has 0 saturated heterocycles. The summed E-state index contributed by atoms with van der Waals surface area (Å²) in [7, 11) is -1.37. The lowest BCUT2D eigenvalue weighted by atomic mass is 9.94. The molecule has 2 aromatic heterocycles. The number of nitrogens with zero attached hydrogens (tertiary/aromatic N) is 2. The summed E-state index contributed by atoms with van der Waals surface area (Å²) in [5.74, 6) is 0.388. The first-order valence-electron chi connectivity index (χ1n) is 16.1. The Morgan fingerprint density at radius 3 is 2.29 bits per heavy atom. The van der Waals surface area contributed by atoms with Crippen LogP contribution in [-0.4, -0.2) is 35.9 Å². The fraction of sp³-hybridized carbons (Fsp3) is 0.200. The SMILES string of the molecule is CC(C)(C)S(=O)N1Cc2cc(C(=O)Nc3ccc(-c4ccccc4)cc3)nc(-c3cccc(-c4cc5ccccc5o4)c3)c2[C@@H]1CCO. The van der Waals surface area contributed by atoms with Gasteiger partial charge in [-0.05, 0) is 80.3 Å². The van der Waals surface area contributed by atoms with E-state index in [0.29, 0.717) is 24.3 Å². The van der Waals surface area contributed by atoms with Gasteiger partial charge in [-0.15, -0.1) is 0 Å². The molecule has 0 fully saturated rings. The van der Waals surface area contributed by atoms with Crippen LogP contribution in [-0.2, 0) is 17.5 Å². The van der Waals surface area contributed by atoms with E-state index in [-0.39, 0.29) is 24.2 Å². The number of nitrogens with one attached hydrogen (secondary N) is 1. The monoisotopic (exact) mass is 655 g/mol. The third-order valence-electron chi connectivity index (χ3n) is 8.62. The Balaban J connectivity index is 1.29. The molecule has 7 nitrogen and oxygen atoms in total. The van der Waals surface area contributed by atoms with Crippen molar-refractivity contribution in [2.45, 2.75) is 44.5 Å². The normalized spacial score (nSPS) is 15.4. The molecule has 1 aliphatic rings. The van der Waals surface area contributed by atoms with Gasteiger partial charge in [0.1, 0.15) is 28.0 Å². The van der Waals surface area contributed by atoms with Crippen LogP contribution in [0.4, 0.5) is 5.69 Å². The number of benzene rings is 4. The molecule has 0 saturated carbocycles. The summed E-state index contributed by atoms with van der Waals surface area (Å²) in [6.07, 6.45) is 0.381. The number of fused-ring (bicyclic) bond motifs is 2. The maximum atomic E-state index is 13.8. The molecule has 242 valence electrons. The minimum absolute atomic E-state index is 0.0817. The number of hydrogen-bond acceptors (Lipinski definition) is 5. The molecule has 0 radical (unpaired) electrons. The third kappa shape index (κ3) is 6.22. The Hall–Kier alpha value is -4.89. The van der Waals surface area contributed by atoms with Gasteiger partial charge in [0, 0.05) is 40.9 Å². The lowest BCUT2D eigenvalue weighted by Crippen LogP contribution is -2.36. The van der Waals surface area contributed by atoms with Crippen molar-refractivity contribution in [3.05, 3.63) is 132 Å². The number of para-hydroxylation sites is 1. The Labute approximate surface area is 282 Å². The fourth-order valence-corrected chi connectivity index (χ4v) is 7.72. The smallest absolute Gasteiger partial charge is 0.274 e. The van der Waals surface area contributed by atoms with Crippen LogP contribution in [0.2, 0.25) is 0 Å². The quantitative estimate of drug-likeness (QED) is 0.171. The molecule has 0 spiro atoms. The van der Waals surface area contributed by atoms with Gasteiger partial charge < -0.3 is 14.8 Å². The Morgan fingerprint density at radius 1 is 0.875 bits per heavy atom. The number of carbonyl (C=O) groups is 1. The van der Waals surface area contributed by atoms with Crippen LogP contribution < -0.4 is 5.32 Å². The predicted molar refractivity (Wildman–Crippen MR) is 193 cm³/mol. The number of hydrogen-bond donors (Lipinski definition) is 2. The summed E-state index contributed by atoms with van der Waals surface area (Å²) in [6, 6.07) is 37.1. The van der Waals surface area contributed by atoms with Gasteiger partial charge in [0.2, 0.25) is 0 Å². The van der Waals surface area contributed by atoms with Crippen molar-refractivity contribution < 1.29 is 18.5 Å². The summed E-state index contributed by atoms with van der Waals surface area (Å²) in [5.41, 5.74) is 7.93. The maximum Gasteiger partial charge on any atom is 0.274 e. The first-order valence-corrected chi connectivity index (χ1v) is 17.2. The lowest BCUT2D eigenvalue weighted by Gasteiger charge is -2.30. The molecule has 0 aliphatic carbocycles. The van der Waals surface area contributed by atoms with E-state index in [9.17, 15) is 14.1 Å². The average molecular weight is 656 g/mol. The van der Waals surface area contributed by atoms with E-state index in [1.165, 1.54) is 0 Å². The number of aliphatic hydroxyl groups is 1. The second-order valence-electron chi connectivity index (χ2n) is 13.0. The second-order valence-corrected chi connectivity index (χ2v) is 15.2. The summed E-state index contributed by atoms with van der Waals surface area (Å²) in [4.78, 5) is 18.8. The minimum atomic E-state index is -1.37. The Bertz CT molecular complexity index is 2100. The summed E-state index contributed by atoms with van der Waals surface area (Å²) in [6.45, 7) is 6.12. The molecular weight excluding hydrogens is 619 g/mol. The van der Waals surface area contributed by atoms with Crippen LogP contribution in [0.5, 0.6) is 0 Å². The van der Waals surface area contributed by atoms with Crippen molar-refractivity contribution in [2.75, 3.05) is 11.9 Å². The molecule has 48 heavy (non-hydrogen) atoms. The molecule has 3 heterocycles. The van der Waals surface area contributed by atoms with Gasteiger partial charge >= 0.3 is 0 Å². The zero-order valence-corrected chi connectivity index (χ0v) is 28.0. The number of pyridine rings is 1. The van der Waals surface area contributed by atoms with Crippen LogP contribution in [0.1, 0.15) is 54.8 Å². The van der Waals surface area contributed by atoms with Gasteiger partial charge in [-0.2, -0.15) is 0 Å². The van der Waals surface area contributed by atoms with Crippen molar-refractivity contribution in [1.82, 2.24) is 9.29 Å². The molecular formula is C40H37N3O4S. The van der Waals surface area contributed by atoms with Crippen molar-refractivity contribution in [2.24, 2.45) is 0 Å². The predicted octanol–water partition coefficient (Wildman–Crippen LogP) is 8.78. The molecule has 2 atom stereocenters. The highest BCUT2D eigenvalue weighted by atomic mass is 32.2. The van der Waals surface area contributed by atoms with E-state index in [0.717, 1.165) is 50.1 Å². The minimum Gasteiger partial charge on any atom is -0.456 e. The van der Waals surface area contributed by atoms with Gasteiger partial charge in [-0.25, -0.2) is 13.5 Å². The molecule has 2 N–H and O–H groups in total. The van der Waals surface area contributed by atoms with E-state index >= 15 is 0 Å². The standard InChI is InChI=1S/C40H37N3O4S/c1-40(2,3)48(46)43-25-31-23-33(39(45)41-32-18-16-27(17-19-32)26-10-5-4-6-11-26)42-38(37(31)34(43)20-21-44)30-14-9-13-28(22-30)36-24-29-12-7-8-15-35(29)47-36/h4-19,22-24,34,44H,20-21,25H2,1-3H3,(H,41,45)/t34-,48?/m0/s1. The Morgan fingerprint density at radius 2 is 1.56 bits per heavy atom. The molecule has 0 bridgehead atoms. The van der Waals surface area contributed by atoms with E-state index in [1.807, 2.05) is 134 Å².